The van der Waals surface area contributed by atoms with Gasteiger partial charge in [-0.2, -0.15) is 0 Å². The Morgan fingerprint density at radius 1 is 1.23 bits per heavy atom. The normalized spacial score (nSPS) is 12.7. The van der Waals surface area contributed by atoms with Crippen LogP contribution in [0, 0.1) is 0 Å². The Morgan fingerprint density at radius 3 is 2.68 bits per heavy atom. The predicted octanol–water partition coefficient (Wildman–Crippen LogP) is 2.94. The van der Waals surface area contributed by atoms with Crippen LogP contribution in [-0.2, 0) is 11.2 Å². The smallest absolute Gasteiger partial charge is 0.188 e. The Labute approximate surface area is 149 Å². The molecule has 2 aromatic rings. The number of hydrogen-bond acceptors (Lipinski definition) is 2. The lowest BCUT2D eigenvalue weighted by molar-refractivity contribution is 0.179. The molecule has 2 aromatic carbocycles. The van der Waals surface area contributed by atoms with Gasteiger partial charge < -0.3 is 15.8 Å². The van der Waals surface area contributed by atoms with Gasteiger partial charge in [-0.1, -0.05) is 42.5 Å². The minimum absolute atomic E-state index is 0. The fraction of sp³-hybridized carbons (Fsp3) is 0.353. The molecule has 0 heterocycles. The van der Waals surface area contributed by atoms with E-state index in [4.69, 9.17) is 10.5 Å². The molecule has 0 radical (unpaired) electrons. The number of rotatable bonds is 6. The van der Waals surface area contributed by atoms with E-state index >= 15 is 0 Å². The second-order valence-corrected chi connectivity index (χ2v) is 5.20. The Bertz CT molecular complexity index is 616. The van der Waals surface area contributed by atoms with Crippen molar-refractivity contribution in [2.45, 2.75) is 19.4 Å². The molecule has 3 N–H and O–H groups in total. The molecule has 1 unspecified atom stereocenters. The number of methoxy groups -OCH3 is 1. The Balaban J connectivity index is 0.00000242. The van der Waals surface area contributed by atoms with Crippen molar-refractivity contribution in [3.05, 3.63) is 48.0 Å². The number of fused-ring (bicyclic) bond motifs is 1. The maximum atomic E-state index is 5.84. The molecule has 1 atom stereocenters. The highest BCUT2D eigenvalue weighted by Crippen LogP contribution is 2.15. The molecule has 0 aliphatic rings. The van der Waals surface area contributed by atoms with Crippen LogP contribution in [-0.4, -0.2) is 32.3 Å². The minimum Gasteiger partial charge on any atom is -0.383 e. The Kier molecular flexibility index (Phi) is 8.19. The van der Waals surface area contributed by atoms with Gasteiger partial charge in [-0.3, -0.25) is 4.99 Å². The van der Waals surface area contributed by atoms with E-state index in [9.17, 15) is 0 Å². The standard InChI is InChI=1S/C17H23N3O.HI/c1-13(12-21-2)20-17(18)19-10-9-14-7-8-15-5-3-4-6-16(15)11-14;/h3-8,11,13H,9-10,12H2,1-2H3,(H3,18,19,20);1H. The minimum atomic E-state index is 0. The molecule has 4 nitrogen and oxygen atoms in total. The number of aliphatic imine (C=N–C) groups is 1. The number of guanidine groups is 1. The second-order valence-electron chi connectivity index (χ2n) is 5.20. The molecule has 0 aromatic heterocycles. The molecule has 2 rings (SSSR count). The molecule has 0 aliphatic heterocycles. The van der Waals surface area contributed by atoms with Crippen LogP contribution in [0.25, 0.3) is 10.8 Å². The highest BCUT2D eigenvalue weighted by molar-refractivity contribution is 14.0. The molecular weight excluding hydrogens is 389 g/mol. The van der Waals surface area contributed by atoms with Gasteiger partial charge in [0.1, 0.15) is 0 Å². The van der Waals surface area contributed by atoms with E-state index in [1.807, 2.05) is 6.92 Å². The fourth-order valence-corrected chi connectivity index (χ4v) is 2.29. The van der Waals surface area contributed by atoms with E-state index in [0.717, 1.165) is 6.42 Å². The zero-order valence-corrected chi connectivity index (χ0v) is 15.4. The predicted molar refractivity (Wildman–Crippen MR) is 104 cm³/mol. The number of benzene rings is 2. The number of nitrogens with zero attached hydrogens (tertiary/aromatic N) is 1. The summed E-state index contributed by atoms with van der Waals surface area (Å²) in [7, 11) is 1.67. The van der Waals surface area contributed by atoms with Crippen LogP contribution in [0.15, 0.2) is 47.5 Å². The number of nitrogens with one attached hydrogen (secondary N) is 1. The van der Waals surface area contributed by atoms with E-state index in [-0.39, 0.29) is 30.0 Å². The summed E-state index contributed by atoms with van der Waals surface area (Å²) >= 11 is 0. The van der Waals surface area contributed by atoms with Crippen LogP contribution in [0.1, 0.15) is 12.5 Å². The number of nitrogens with two attached hydrogens (primary N) is 1. The van der Waals surface area contributed by atoms with Crippen LogP contribution in [0.2, 0.25) is 0 Å². The topological polar surface area (TPSA) is 59.6 Å². The lowest BCUT2D eigenvalue weighted by atomic mass is 10.1. The third-order valence-corrected chi connectivity index (χ3v) is 3.31. The van der Waals surface area contributed by atoms with Crippen molar-refractivity contribution < 1.29 is 4.74 Å². The van der Waals surface area contributed by atoms with Gasteiger partial charge in [0, 0.05) is 19.7 Å². The van der Waals surface area contributed by atoms with Crippen LogP contribution < -0.4 is 11.1 Å². The van der Waals surface area contributed by atoms with E-state index < -0.39 is 0 Å². The first-order chi connectivity index (χ1) is 10.2. The van der Waals surface area contributed by atoms with Crippen molar-refractivity contribution in [2.75, 3.05) is 20.3 Å². The number of ether oxygens (including phenoxy) is 1. The van der Waals surface area contributed by atoms with Crippen LogP contribution in [0.3, 0.4) is 0 Å². The molecule has 0 fully saturated rings. The lowest BCUT2D eigenvalue weighted by Crippen LogP contribution is -2.40. The monoisotopic (exact) mass is 413 g/mol. The van der Waals surface area contributed by atoms with Crippen molar-refractivity contribution in [3.8, 4) is 0 Å². The lowest BCUT2D eigenvalue weighted by Gasteiger charge is -2.13. The summed E-state index contributed by atoms with van der Waals surface area (Å²) in [5.74, 6) is 0.473. The van der Waals surface area contributed by atoms with Gasteiger partial charge in [0.05, 0.1) is 6.61 Å². The van der Waals surface area contributed by atoms with Crippen LogP contribution >= 0.6 is 24.0 Å². The summed E-state index contributed by atoms with van der Waals surface area (Å²) in [6, 6.07) is 15.0. The second kappa shape index (κ2) is 9.63. The van der Waals surface area contributed by atoms with Gasteiger partial charge >= 0.3 is 0 Å². The first-order valence-corrected chi connectivity index (χ1v) is 7.22. The summed E-state index contributed by atoms with van der Waals surface area (Å²) < 4.78 is 5.05. The third-order valence-electron chi connectivity index (χ3n) is 3.31. The van der Waals surface area contributed by atoms with E-state index in [1.165, 1.54) is 16.3 Å². The molecule has 0 bridgehead atoms. The maximum absolute atomic E-state index is 5.84. The van der Waals surface area contributed by atoms with Crippen molar-refractivity contribution in [1.82, 2.24) is 5.32 Å². The molecule has 22 heavy (non-hydrogen) atoms. The van der Waals surface area contributed by atoms with Gasteiger partial charge in [0.2, 0.25) is 0 Å². The summed E-state index contributed by atoms with van der Waals surface area (Å²) in [6.45, 7) is 3.30. The highest BCUT2D eigenvalue weighted by Gasteiger charge is 2.01. The van der Waals surface area contributed by atoms with Gasteiger partial charge in [0.15, 0.2) is 5.96 Å². The molecule has 0 saturated heterocycles. The molecule has 5 heteroatoms. The summed E-state index contributed by atoms with van der Waals surface area (Å²) in [5.41, 5.74) is 7.12. The highest BCUT2D eigenvalue weighted by atomic mass is 127. The van der Waals surface area contributed by atoms with Crippen LogP contribution in [0.4, 0.5) is 0 Å². The quantitative estimate of drug-likeness (QED) is 0.435. The average molecular weight is 413 g/mol. The zero-order chi connectivity index (χ0) is 15.1. The molecule has 0 amide bonds. The summed E-state index contributed by atoms with van der Waals surface area (Å²) in [4.78, 5) is 4.35. The Hall–Kier alpha value is -1.34. The van der Waals surface area contributed by atoms with Crippen molar-refractivity contribution in [1.29, 1.82) is 0 Å². The van der Waals surface area contributed by atoms with Crippen molar-refractivity contribution >= 4 is 40.7 Å². The van der Waals surface area contributed by atoms with Gasteiger partial charge in [-0.15, -0.1) is 24.0 Å². The van der Waals surface area contributed by atoms with E-state index in [1.54, 1.807) is 7.11 Å². The van der Waals surface area contributed by atoms with Gasteiger partial charge in [0.25, 0.3) is 0 Å². The van der Waals surface area contributed by atoms with E-state index in [2.05, 4.69) is 52.8 Å². The van der Waals surface area contributed by atoms with Crippen molar-refractivity contribution in [3.63, 3.8) is 0 Å². The first kappa shape index (κ1) is 18.7. The number of hydrogen-bond donors (Lipinski definition) is 2. The Morgan fingerprint density at radius 2 is 1.95 bits per heavy atom. The summed E-state index contributed by atoms with van der Waals surface area (Å²) in [6.07, 6.45) is 0.881. The number of halogens is 1. The molecule has 0 aliphatic carbocycles. The van der Waals surface area contributed by atoms with Crippen LogP contribution in [0.5, 0.6) is 0 Å². The summed E-state index contributed by atoms with van der Waals surface area (Å²) in [5, 5.41) is 5.63. The fourth-order valence-electron chi connectivity index (χ4n) is 2.29. The SMILES string of the molecule is COCC(C)NC(N)=NCCc1ccc2ccccc2c1.I. The first-order valence-electron chi connectivity index (χ1n) is 7.22. The molecular formula is C17H24IN3O. The molecule has 120 valence electrons. The van der Waals surface area contributed by atoms with Gasteiger partial charge in [-0.05, 0) is 29.7 Å². The average Bonchev–Trinajstić information content (AvgIpc) is 2.47. The third kappa shape index (κ3) is 5.81. The zero-order valence-electron chi connectivity index (χ0n) is 13.1. The molecule has 0 spiro atoms. The maximum Gasteiger partial charge on any atom is 0.188 e. The molecule has 0 saturated carbocycles. The van der Waals surface area contributed by atoms with E-state index in [0.29, 0.717) is 19.1 Å². The van der Waals surface area contributed by atoms with Crippen molar-refractivity contribution in [2.24, 2.45) is 10.7 Å². The van der Waals surface area contributed by atoms with Gasteiger partial charge in [-0.25, -0.2) is 0 Å². The largest absolute Gasteiger partial charge is 0.383 e.